The predicted octanol–water partition coefficient (Wildman–Crippen LogP) is 3.96. The van der Waals surface area contributed by atoms with Crippen LogP contribution < -0.4 is 4.74 Å². The highest BCUT2D eigenvalue weighted by molar-refractivity contribution is 9.10. The number of benzene rings is 2. The molecular formula is C21H22BrFN4O2. The molecule has 0 atom stereocenters. The van der Waals surface area contributed by atoms with Crippen molar-refractivity contribution in [1.29, 1.82) is 0 Å². The molecule has 1 aliphatic heterocycles. The minimum Gasteiger partial charge on any atom is -0.497 e. The van der Waals surface area contributed by atoms with E-state index in [1.165, 1.54) is 6.07 Å². The maximum atomic E-state index is 14.1. The van der Waals surface area contributed by atoms with Crippen molar-refractivity contribution in [2.24, 2.45) is 0 Å². The number of halogens is 2. The van der Waals surface area contributed by atoms with Gasteiger partial charge in [0.25, 0.3) is 0 Å². The van der Waals surface area contributed by atoms with E-state index < -0.39 is 0 Å². The van der Waals surface area contributed by atoms with Gasteiger partial charge in [-0.25, -0.2) is 4.39 Å². The van der Waals surface area contributed by atoms with Gasteiger partial charge in [-0.3, -0.25) is 9.80 Å². The van der Waals surface area contributed by atoms with Crippen LogP contribution in [0.4, 0.5) is 4.39 Å². The Bertz CT molecular complexity index is 956. The van der Waals surface area contributed by atoms with Crippen LogP contribution in [0.15, 0.2) is 51.5 Å². The third-order valence-electron chi connectivity index (χ3n) is 5.05. The highest BCUT2D eigenvalue weighted by Gasteiger charge is 2.20. The van der Waals surface area contributed by atoms with Crippen molar-refractivity contribution >= 4 is 15.9 Å². The van der Waals surface area contributed by atoms with Crippen LogP contribution >= 0.6 is 15.9 Å². The highest BCUT2D eigenvalue weighted by Crippen LogP contribution is 2.21. The maximum absolute atomic E-state index is 14.1. The minimum atomic E-state index is -0.168. The maximum Gasteiger partial charge on any atom is 0.241 e. The first-order valence-corrected chi connectivity index (χ1v) is 10.3. The quantitative estimate of drug-likeness (QED) is 0.554. The van der Waals surface area contributed by atoms with E-state index in [0.29, 0.717) is 24.8 Å². The number of piperazine rings is 1. The van der Waals surface area contributed by atoms with E-state index in [2.05, 4.69) is 35.9 Å². The average Bonchev–Trinajstić information content (AvgIpc) is 3.20. The molecule has 0 spiro atoms. The summed E-state index contributed by atoms with van der Waals surface area (Å²) >= 11 is 3.30. The normalized spacial score (nSPS) is 15.6. The van der Waals surface area contributed by atoms with Crippen molar-refractivity contribution in [2.45, 2.75) is 13.1 Å². The summed E-state index contributed by atoms with van der Waals surface area (Å²) in [5.41, 5.74) is 1.62. The van der Waals surface area contributed by atoms with Crippen molar-refractivity contribution in [3.05, 3.63) is 64.2 Å². The first kappa shape index (κ1) is 20.0. The molecule has 1 saturated heterocycles. The zero-order chi connectivity index (χ0) is 20.2. The molecule has 0 bridgehead atoms. The summed E-state index contributed by atoms with van der Waals surface area (Å²) in [6.07, 6.45) is 0. The first-order chi connectivity index (χ1) is 14.1. The van der Waals surface area contributed by atoms with Crippen LogP contribution in [0.25, 0.3) is 11.4 Å². The lowest BCUT2D eigenvalue weighted by Crippen LogP contribution is -2.45. The molecule has 0 aliphatic carbocycles. The van der Waals surface area contributed by atoms with E-state index >= 15 is 0 Å². The van der Waals surface area contributed by atoms with Gasteiger partial charge in [0, 0.05) is 48.3 Å². The third-order valence-corrected chi connectivity index (χ3v) is 5.54. The van der Waals surface area contributed by atoms with Gasteiger partial charge in [0.1, 0.15) is 11.6 Å². The molecule has 4 rings (SSSR count). The molecule has 2 heterocycles. The van der Waals surface area contributed by atoms with Gasteiger partial charge in [-0.2, -0.15) is 4.98 Å². The zero-order valence-corrected chi connectivity index (χ0v) is 17.7. The molecular weight excluding hydrogens is 439 g/mol. The summed E-state index contributed by atoms with van der Waals surface area (Å²) in [5, 5.41) is 4.09. The summed E-state index contributed by atoms with van der Waals surface area (Å²) in [5.74, 6) is 1.80. The monoisotopic (exact) mass is 460 g/mol. The third kappa shape index (κ3) is 5.01. The van der Waals surface area contributed by atoms with E-state index in [0.717, 1.165) is 47.5 Å². The van der Waals surface area contributed by atoms with Gasteiger partial charge < -0.3 is 9.26 Å². The van der Waals surface area contributed by atoms with Gasteiger partial charge in [-0.05, 0) is 36.4 Å². The van der Waals surface area contributed by atoms with Crippen LogP contribution in [0.2, 0.25) is 0 Å². The summed E-state index contributed by atoms with van der Waals surface area (Å²) in [4.78, 5) is 9.05. The lowest BCUT2D eigenvalue weighted by molar-refractivity contribution is 0.111. The van der Waals surface area contributed by atoms with Gasteiger partial charge in [0.2, 0.25) is 11.7 Å². The van der Waals surface area contributed by atoms with Crippen molar-refractivity contribution in [3.8, 4) is 17.1 Å². The summed E-state index contributed by atoms with van der Waals surface area (Å²) in [7, 11) is 1.64. The summed E-state index contributed by atoms with van der Waals surface area (Å²) < 4.78 is 25.4. The van der Waals surface area contributed by atoms with Gasteiger partial charge in [-0.1, -0.05) is 27.2 Å². The molecule has 0 saturated carbocycles. The molecule has 8 heteroatoms. The second kappa shape index (κ2) is 9.02. The van der Waals surface area contributed by atoms with Crippen molar-refractivity contribution in [2.75, 3.05) is 33.3 Å². The molecule has 0 amide bonds. The largest absolute Gasteiger partial charge is 0.497 e. The van der Waals surface area contributed by atoms with Gasteiger partial charge in [0.15, 0.2) is 0 Å². The number of methoxy groups -OCH3 is 1. The van der Waals surface area contributed by atoms with Crippen LogP contribution in [-0.4, -0.2) is 53.2 Å². The van der Waals surface area contributed by atoms with E-state index in [-0.39, 0.29) is 5.82 Å². The number of ether oxygens (including phenoxy) is 1. The average molecular weight is 461 g/mol. The SMILES string of the molecule is COc1ccc(-c2noc(CN3CCN(Cc4ccc(Br)cc4F)CC3)n2)cc1. The first-order valence-electron chi connectivity index (χ1n) is 9.46. The fraction of sp³-hybridized carbons (Fsp3) is 0.333. The molecule has 29 heavy (non-hydrogen) atoms. The fourth-order valence-electron chi connectivity index (χ4n) is 3.36. The molecule has 3 aromatic rings. The van der Waals surface area contributed by atoms with Crippen LogP contribution in [-0.2, 0) is 13.1 Å². The molecule has 0 radical (unpaired) electrons. The number of nitrogens with zero attached hydrogens (tertiary/aromatic N) is 4. The zero-order valence-electron chi connectivity index (χ0n) is 16.1. The van der Waals surface area contributed by atoms with E-state index in [9.17, 15) is 4.39 Å². The van der Waals surface area contributed by atoms with Crippen molar-refractivity contribution in [3.63, 3.8) is 0 Å². The van der Waals surface area contributed by atoms with E-state index in [4.69, 9.17) is 9.26 Å². The van der Waals surface area contributed by atoms with Crippen LogP contribution in [0.3, 0.4) is 0 Å². The van der Waals surface area contributed by atoms with Crippen LogP contribution in [0.1, 0.15) is 11.5 Å². The molecule has 0 N–H and O–H groups in total. The van der Waals surface area contributed by atoms with Gasteiger partial charge in [-0.15, -0.1) is 0 Å². The Morgan fingerprint density at radius 3 is 2.38 bits per heavy atom. The van der Waals surface area contributed by atoms with Gasteiger partial charge >= 0.3 is 0 Å². The molecule has 152 valence electrons. The topological polar surface area (TPSA) is 54.6 Å². The van der Waals surface area contributed by atoms with Crippen LogP contribution in [0.5, 0.6) is 5.75 Å². The Hall–Kier alpha value is -2.29. The second-order valence-electron chi connectivity index (χ2n) is 7.03. The lowest BCUT2D eigenvalue weighted by atomic mass is 10.2. The van der Waals surface area contributed by atoms with Crippen molar-refractivity contribution in [1.82, 2.24) is 19.9 Å². The molecule has 1 fully saturated rings. The van der Waals surface area contributed by atoms with E-state index in [1.54, 1.807) is 7.11 Å². The minimum absolute atomic E-state index is 0.168. The summed E-state index contributed by atoms with van der Waals surface area (Å²) in [6, 6.07) is 12.8. The lowest BCUT2D eigenvalue weighted by Gasteiger charge is -2.33. The highest BCUT2D eigenvalue weighted by atomic mass is 79.9. The number of aromatic nitrogens is 2. The Morgan fingerprint density at radius 2 is 1.72 bits per heavy atom. The Morgan fingerprint density at radius 1 is 1.03 bits per heavy atom. The molecule has 2 aromatic carbocycles. The van der Waals surface area contributed by atoms with Gasteiger partial charge in [0.05, 0.1) is 13.7 Å². The number of hydrogen-bond donors (Lipinski definition) is 0. The Balaban J connectivity index is 1.30. The number of rotatable bonds is 6. The molecule has 1 aromatic heterocycles. The predicted molar refractivity (Wildman–Crippen MR) is 111 cm³/mol. The fourth-order valence-corrected chi connectivity index (χ4v) is 3.70. The smallest absolute Gasteiger partial charge is 0.241 e. The molecule has 6 nitrogen and oxygen atoms in total. The Kier molecular flexibility index (Phi) is 6.22. The van der Waals surface area contributed by atoms with Crippen LogP contribution in [0, 0.1) is 5.82 Å². The van der Waals surface area contributed by atoms with E-state index in [1.807, 2.05) is 36.4 Å². The Labute approximate surface area is 177 Å². The standard InChI is InChI=1S/C21H22BrFN4O2/c1-28-18-6-3-15(4-7-18)21-24-20(29-25-21)14-27-10-8-26(9-11-27)13-16-2-5-17(22)12-19(16)23/h2-7,12H,8-11,13-14H2,1H3. The molecule has 1 aliphatic rings. The van der Waals surface area contributed by atoms with Crippen molar-refractivity contribution < 1.29 is 13.7 Å². The second-order valence-corrected chi connectivity index (χ2v) is 7.94. The molecule has 0 unspecified atom stereocenters. The summed E-state index contributed by atoms with van der Waals surface area (Å²) in [6.45, 7) is 4.72. The number of hydrogen-bond acceptors (Lipinski definition) is 6.